The number of imidazole rings is 1. The number of halogens is 2. The predicted octanol–water partition coefficient (Wildman–Crippen LogP) is 1.96. The molecule has 3 aromatic rings. The molecule has 0 amide bonds. The summed E-state index contributed by atoms with van der Waals surface area (Å²) in [5.74, 6) is 0.190. The van der Waals surface area contributed by atoms with Crippen LogP contribution in [0.1, 0.15) is 12.2 Å². The second kappa shape index (κ2) is 8.32. The van der Waals surface area contributed by atoms with Crippen molar-refractivity contribution < 1.29 is 13.5 Å². The van der Waals surface area contributed by atoms with Crippen LogP contribution >= 0.6 is 0 Å². The van der Waals surface area contributed by atoms with Crippen LogP contribution in [0.5, 0.6) is 0 Å². The van der Waals surface area contributed by atoms with Crippen molar-refractivity contribution in [2.45, 2.75) is 6.43 Å². The van der Waals surface area contributed by atoms with Crippen molar-refractivity contribution in [1.82, 2.24) is 29.5 Å². The molecule has 10 nitrogen and oxygen atoms in total. The fraction of sp³-hybridized carbons (Fsp3) is 0.316. The van der Waals surface area contributed by atoms with E-state index in [9.17, 15) is 8.78 Å². The number of rotatable bonds is 3. The summed E-state index contributed by atoms with van der Waals surface area (Å²) in [6, 6.07) is 7.00. The lowest BCUT2D eigenvalue weighted by Gasteiger charge is -2.39. The zero-order valence-electron chi connectivity index (χ0n) is 16.4. The fourth-order valence-corrected chi connectivity index (χ4v) is 3.52. The number of nitrogens with one attached hydrogen (secondary N) is 1. The van der Waals surface area contributed by atoms with Crippen LogP contribution < -0.4 is 5.32 Å². The Kier molecular flexibility index (Phi) is 5.22. The molecule has 0 unspecified atom stereocenters. The van der Waals surface area contributed by atoms with E-state index in [1.54, 1.807) is 41.7 Å². The van der Waals surface area contributed by atoms with Crippen molar-refractivity contribution >= 4 is 28.6 Å². The maximum atomic E-state index is 14.0. The van der Waals surface area contributed by atoms with Gasteiger partial charge in [-0.1, -0.05) is 12.1 Å². The maximum Gasteiger partial charge on any atom is 0.296 e. The zero-order chi connectivity index (χ0) is 21.2. The Hall–Kier alpha value is -3.51. The quantitative estimate of drug-likeness (QED) is 0.683. The standard InChI is InChI=1S/C19H19F2N9O/c20-16(21)17-26-14-3-1-2-4-15(14)30(17)19-27-18(25-13-9-22-11-23-10-13)24-12-29(19)28-5-7-31-8-6-28/h1-4,9-11,16H,5-8,12H2,(H,24,25). The third kappa shape index (κ3) is 3.82. The average Bonchev–Trinajstić information content (AvgIpc) is 3.20. The van der Waals surface area contributed by atoms with Crippen LogP contribution in [0.25, 0.3) is 11.0 Å². The molecule has 0 aliphatic carbocycles. The number of aromatic nitrogens is 4. The maximum absolute atomic E-state index is 14.0. The van der Waals surface area contributed by atoms with E-state index in [0.29, 0.717) is 49.0 Å². The molecule has 0 spiro atoms. The van der Waals surface area contributed by atoms with Gasteiger partial charge in [-0.25, -0.2) is 33.7 Å². The Balaban J connectivity index is 1.61. The van der Waals surface area contributed by atoms with E-state index in [1.807, 2.05) is 5.01 Å². The molecule has 1 aromatic carbocycles. The number of aliphatic imine (C=N–C) groups is 2. The average molecular weight is 427 g/mol. The topological polar surface area (TPSA) is 96.1 Å². The van der Waals surface area contributed by atoms with E-state index in [2.05, 4.69) is 30.3 Å². The van der Waals surface area contributed by atoms with Gasteiger partial charge in [-0.3, -0.25) is 9.58 Å². The molecular weight excluding hydrogens is 408 g/mol. The van der Waals surface area contributed by atoms with Gasteiger partial charge < -0.3 is 10.1 Å². The number of hydrogen-bond acceptors (Lipinski definition) is 9. The highest BCUT2D eigenvalue weighted by molar-refractivity contribution is 6.05. The van der Waals surface area contributed by atoms with E-state index < -0.39 is 6.43 Å². The number of alkyl halides is 2. The van der Waals surface area contributed by atoms with Crippen molar-refractivity contribution in [3.8, 4) is 0 Å². The number of guanidine groups is 1. The molecule has 12 heteroatoms. The largest absolute Gasteiger partial charge is 0.379 e. The number of fused-ring (bicyclic) bond motifs is 1. The van der Waals surface area contributed by atoms with Crippen LogP contribution in [-0.4, -0.2) is 74.4 Å². The first kappa shape index (κ1) is 19.5. The van der Waals surface area contributed by atoms with E-state index >= 15 is 0 Å². The monoisotopic (exact) mass is 427 g/mol. The summed E-state index contributed by atoms with van der Waals surface area (Å²) in [4.78, 5) is 21.2. The van der Waals surface area contributed by atoms with E-state index in [4.69, 9.17) is 4.74 Å². The lowest BCUT2D eigenvalue weighted by atomic mass is 10.3. The van der Waals surface area contributed by atoms with Gasteiger partial charge in [-0.2, -0.15) is 4.99 Å². The van der Waals surface area contributed by atoms with Crippen LogP contribution in [0.2, 0.25) is 0 Å². The zero-order valence-corrected chi connectivity index (χ0v) is 16.4. The van der Waals surface area contributed by atoms with E-state index in [0.717, 1.165) is 0 Å². The number of morpholine rings is 1. The van der Waals surface area contributed by atoms with E-state index in [1.165, 1.54) is 10.9 Å². The molecule has 2 aliphatic rings. The minimum absolute atomic E-state index is 0.198. The lowest BCUT2D eigenvalue weighted by molar-refractivity contribution is -0.0512. The minimum Gasteiger partial charge on any atom is -0.379 e. The van der Waals surface area contributed by atoms with Gasteiger partial charge in [0.1, 0.15) is 13.0 Å². The second-order valence-electron chi connectivity index (χ2n) is 6.85. The number of hydrazine groups is 1. The van der Waals surface area contributed by atoms with Crippen molar-refractivity contribution in [1.29, 1.82) is 0 Å². The Bertz CT molecular complexity index is 1130. The molecule has 1 saturated heterocycles. The van der Waals surface area contributed by atoms with Gasteiger partial charge >= 0.3 is 0 Å². The highest BCUT2D eigenvalue weighted by Crippen LogP contribution is 2.26. The minimum atomic E-state index is -2.78. The van der Waals surface area contributed by atoms with Gasteiger partial charge in [0.05, 0.1) is 42.3 Å². The molecule has 5 rings (SSSR count). The SMILES string of the molecule is FC(F)c1nc2ccccc2n1C1=NC(Nc2cncnc2)=NCN1N1CCOCC1. The highest BCUT2D eigenvalue weighted by atomic mass is 19.3. The number of anilines is 1. The summed E-state index contributed by atoms with van der Waals surface area (Å²) >= 11 is 0. The summed E-state index contributed by atoms with van der Waals surface area (Å²) in [6.07, 6.45) is 1.79. The Morgan fingerprint density at radius 3 is 2.61 bits per heavy atom. The first-order valence-corrected chi connectivity index (χ1v) is 9.72. The molecule has 4 heterocycles. The third-order valence-electron chi connectivity index (χ3n) is 4.92. The molecule has 0 bridgehead atoms. The van der Waals surface area contributed by atoms with Gasteiger partial charge in [0.25, 0.3) is 6.43 Å². The van der Waals surface area contributed by atoms with Gasteiger partial charge in [-0.05, 0) is 12.1 Å². The fourth-order valence-electron chi connectivity index (χ4n) is 3.52. The number of para-hydroxylation sites is 2. The Labute approximate surface area is 175 Å². The number of benzene rings is 1. The molecule has 1 fully saturated rings. The van der Waals surface area contributed by atoms with Crippen LogP contribution in [0.4, 0.5) is 14.5 Å². The molecule has 160 valence electrons. The first-order valence-electron chi connectivity index (χ1n) is 9.72. The highest BCUT2D eigenvalue weighted by Gasteiger charge is 2.31. The first-order chi connectivity index (χ1) is 15.2. The van der Waals surface area contributed by atoms with Gasteiger partial charge in [0.2, 0.25) is 11.9 Å². The third-order valence-corrected chi connectivity index (χ3v) is 4.92. The predicted molar refractivity (Wildman–Crippen MR) is 110 cm³/mol. The summed E-state index contributed by atoms with van der Waals surface area (Å²) in [5, 5.41) is 6.82. The van der Waals surface area contributed by atoms with Crippen LogP contribution in [-0.2, 0) is 4.74 Å². The second-order valence-corrected chi connectivity index (χ2v) is 6.85. The van der Waals surface area contributed by atoms with Gasteiger partial charge in [-0.15, -0.1) is 0 Å². The van der Waals surface area contributed by atoms with Crippen molar-refractivity contribution in [3.05, 3.63) is 48.8 Å². The number of ether oxygens (including phenoxy) is 1. The molecule has 0 atom stereocenters. The summed E-state index contributed by atoms with van der Waals surface area (Å²) in [5.41, 5.74) is 1.60. The summed E-state index contributed by atoms with van der Waals surface area (Å²) < 4.78 is 34.8. The summed E-state index contributed by atoms with van der Waals surface area (Å²) in [6.45, 7) is 2.46. The number of nitrogens with zero attached hydrogens (tertiary/aromatic N) is 8. The molecule has 31 heavy (non-hydrogen) atoms. The van der Waals surface area contributed by atoms with E-state index in [-0.39, 0.29) is 18.5 Å². The lowest BCUT2D eigenvalue weighted by Crippen LogP contribution is -2.55. The molecule has 2 aromatic heterocycles. The van der Waals surface area contributed by atoms with Crippen LogP contribution in [0.15, 0.2) is 53.0 Å². The van der Waals surface area contributed by atoms with Crippen molar-refractivity contribution in [2.75, 3.05) is 38.3 Å². The molecule has 0 radical (unpaired) electrons. The number of hydrogen-bond donors (Lipinski definition) is 1. The summed E-state index contributed by atoms with van der Waals surface area (Å²) in [7, 11) is 0. The molecular formula is C19H19F2N9O. The smallest absolute Gasteiger partial charge is 0.296 e. The van der Waals surface area contributed by atoms with Crippen molar-refractivity contribution in [3.63, 3.8) is 0 Å². The normalized spacial score (nSPS) is 17.7. The molecule has 0 saturated carbocycles. The molecule has 1 N–H and O–H groups in total. The van der Waals surface area contributed by atoms with Crippen LogP contribution in [0.3, 0.4) is 0 Å². The Morgan fingerprint density at radius 1 is 1.06 bits per heavy atom. The van der Waals surface area contributed by atoms with Crippen molar-refractivity contribution in [2.24, 2.45) is 9.98 Å². The van der Waals surface area contributed by atoms with Gasteiger partial charge in [0, 0.05) is 13.1 Å². The Morgan fingerprint density at radius 2 is 1.84 bits per heavy atom. The van der Waals surface area contributed by atoms with Gasteiger partial charge in [0.15, 0.2) is 5.82 Å². The van der Waals surface area contributed by atoms with Crippen LogP contribution in [0, 0.1) is 0 Å². The molecule has 2 aliphatic heterocycles.